The molecular formula is C23H15BrClN3O3. The Bertz CT molecular complexity index is 1230. The SMILES string of the molecule is N#C/C(=C\c1cc(Cl)ccc1Cc1ccccc1Br)C(=O)Nc1cccc([N+](=O)[O-])c1. The lowest BCUT2D eigenvalue weighted by Crippen LogP contribution is -2.13. The second-order valence-electron chi connectivity index (χ2n) is 6.54. The summed E-state index contributed by atoms with van der Waals surface area (Å²) in [6, 6.07) is 20.5. The molecule has 31 heavy (non-hydrogen) atoms. The normalized spacial score (nSPS) is 10.9. The summed E-state index contributed by atoms with van der Waals surface area (Å²) in [4.78, 5) is 23.0. The lowest BCUT2D eigenvalue weighted by Gasteiger charge is -2.10. The van der Waals surface area contributed by atoms with Crippen molar-refractivity contribution in [3.63, 3.8) is 0 Å². The monoisotopic (exact) mass is 495 g/mol. The Morgan fingerprint density at radius 1 is 1.13 bits per heavy atom. The molecule has 0 aromatic heterocycles. The van der Waals surface area contributed by atoms with Gasteiger partial charge in [0, 0.05) is 27.3 Å². The molecule has 1 N–H and O–H groups in total. The van der Waals surface area contributed by atoms with Gasteiger partial charge in [0.25, 0.3) is 11.6 Å². The van der Waals surface area contributed by atoms with Gasteiger partial charge in [0.05, 0.1) is 4.92 Å². The molecule has 0 fully saturated rings. The number of rotatable bonds is 6. The van der Waals surface area contributed by atoms with Crippen molar-refractivity contribution in [2.45, 2.75) is 6.42 Å². The molecule has 0 bridgehead atoms. The smallest absolute Gasteiger partial charge is 0.271 e. The van der Waals surface area contributed by atoms with Gasteiger partial charge in [-0.3, -0.25) is 14.9 Å². The molecule has 3 aromatic carbocycles. The van der Waals surface area contributed by atoms with Gasteiger partial charge in [0.15, 0.2) is 0 Å². The predicted octanol–water partition coefficient (Wildman–Crippen LogP) is 6.15. The maximum Gasteiger partial charge on any atom is 0.271 e. The molecule has 0 radical (unpaired) electrons. The Balaban J connectivity index is 1.91. The molecule has 1 amide bonds. The van der Waals surface area contributed by atoms with Crippen molar-refractivity contribution in [2.24, 2.45) is 0 Å². The number of hydrogen-bond donors (Lipinski definition) is 1. The average molecular weight is 497 g/mol. The minimum absolute atomic E-state index is 0.151. The highest BCUT2D eigenvalue weighted by Gasteiger charge is 2.14. The van der Waals surface area contributed by atoms with Crippen LogP contribution in [0.4, 0.5) is 11.4 Å². The van der Waals surface area contributed by atoms with Gasteiger partial charge in [-0.1, -0.05) is 57.9 Å². The maximum absolute atomic E-state index is 12.6. The van der Waals surface area contributed by atoms with Crippen molar-refractivity contribution in [2.75, 3.05) is 5.32 Å². The molecule has 8 heteroatoms. The number of nitrogens with one attached hydrogen (secondary N) is 1. The maximum atomic E-state index is 12.6. The number of nitro benzene ring substituents is 1. The zero-order valence-electron chi connectivity index (χ0n) is 16.0. The number of carbonyl (C=O) groups is 1. The molecule has 3 rings (SSSR count). The number of anilines is 1. The van der Waals surface area contributed by atoms with Gasteiger partial charge in [-0.2, -0.15) is 5.26 Å². The van der Waals surface area contributed by atoms with Crippen LogP contribution in [-0.4, -0.2) is 10.8 Å². The molecule has 0 unspecified atom stereocenters. The summed E-state index contributed by atoms with van der Waals surface area (Å²) in [5.41, 5.74) is 2.47. The van der Waals surface area contributed by atoms with Crippen LogP contribution >= 0.6 is 27.5 Å². The summed E-state index contributed by atoms with van der Waals surface area (Å²) in [6.07, 6.45) is 2.03. The highest BCUT2D eigenvalue weighted by molar-refractivity contribution is 9.10. The van der Waals surface area contributed by atoms with Crippen LogP contribution in [-0.2, 0) is 11.2 Å². The number of nitrogens with zero attached hydrogens (tertiary/aromatic N) is 2. The zero-order chi connectivity index (χ0) is 22.4. The Morgan fingerprint density at radius 2 is 1.90 bits per heavy atom. The molecule has 0 saturated heterocycles. The summed E-state index contributed by atoms with van der Waals surface area (Å²) in [7, 11) is 0. The van der Waals surface area contributed by atoms with E-state index in [2.05, 4.69) is 21.2 Å². The highest BCUT2D eigenvalue weighted by atomic mass is 79.9. The molecule has 0 aliphatic heterocycles. The third-order valence-electron chi connectivity index (χ3n) is 4.43. The number of halogens is 2. The van der Waals surface area contributed by atoms with Crippen LogP contribution < -0.4 is 5.32 Å². The summed E-state index contributed by atoms with van der Waals surface area (Å²) in [5.74, 6) is -0.671. The molecule has 6 nitrogen and oxygen atoms in total. The summed E-state index contributed by atoms with van der Waals surface area (Å²) >= 11 is 9.68. The quantitative estimate of drug-likeness (QED) is 0.192. The largest absolute Gasteiger partial charge is 0.321 e. The molecule has 0 aliphatic rings. The first kappa shape index (κ1) is 22.2. The van der Waals surface area contributed by atoms with E-state index in [0.29, 0.717) is 17.0 Å². The van der Waals surface area contributed by atoms with Crippen molar-refractivity contribution in [3.8, 4) is 6.07 Å². The Morgan fingerprint density at radius 3 is 2.61 bits per heavy atom. The number of non-ortho nitro benzene ring substituents is 1. The van der Waals surface area contributed by atoms with E-state index in [4.69, 9.17) is 11.6 Å². The zero-order valence-corrected chi connectivity index (χ0v) is 18.4. The molecule has 0 atom stereocenters. The highest BCUT2D eigenvalue weighted by Crippen LogP contribution is 2.25. The molecule has 154 valence electrons. The molecule has 0 aliphatic carbocycles. The topological polar surface area (TPSA) is 96.0 Å². The van der Waals surface area contributed by atoms with Crippen molar-refractivity contribution in [1.29, 1.82) is 5.26 Å². The summed E-state index contributed by atoms with van der Waals surface area (Å²) in [5, 5.41) is 23.5. The molecule has 0 spiro atoms. The average Bonchev–Trinajstić information content (AvgIpc) is 2.75. The van der Waals surface area contributed by atoms with E-state index in [-0.39, 0.29) is 16.9 Å². The predicted molar refractivity (Wildman–Crippen MR) is 124 cm³/mol. The van der Waals surface area contributed by atoms with Crippen LogP contribution in [0.25, 0.3) is 6.08 Å². The second kappa shape index (κ2) is 10.0. The Kier molecular flexibility index (Phi) is 7.19. The lowest BCUT2D eigenvalue weighted by molar-refractivity contribution is -0.384. The van der Waals surface area contributed by atoms with E-state index in [1.54, 1.807) is 12.1 Å². The summed E-state index contributed by atoms with van der Waals surface area (Å²) < 4.78 is 0.948. The van der Waals surface area contributed by atoms with E-state index in [1.807, 2.05) is 36.4 Å². The number of benzene rings is 3. The first-order chi connectivity index (χ1) is 14.9. The third kappa shape index (κ3) is 5.79. The molecule has 0 heterocycles. The van der Waals surface area contributed by atoms with E-state index in [9.17, 15) is 20.2 Å². The fraction of sp³-hybridized carbons (Fsp3) is 0.0435. The lowest BCUT2D eigenvalue weighted by atomic mass is 9.98. The van der Waals surface area contributed by atoms with Gasteiger partial charge in [-0.15, -0.1) is 0 Å². The van der Waals surface area contributed by atoms with Gasteiger partial charge in [-0.25, -0.2) is 0 Å². The van der Waals surface area contributed by atoms with Crippen LogP contribution in [0.1, 0.15) is 16.7 Å². The van der Waals surface area contributed by atoms with E-state index >= 15 is 0 Å². The minimum Gasteiger partial charge on any atom is -0.321 e. The van der Waals surface area contributed by atoms with Crippen LogP contribution in [0.15, 0.2) is 76.8 Å². The first-order valence-electron chi connectivity index (χ1n) is 9.07. The van der Waals surface area contributed by atoms with Gasteiger partial charge >= 0.3 is 0 Å². The van der Waals surface area contributed by atoms with E-state index in [0.717, 1.165) is 15.6 Å². The van der Waals surface area contributed by atoms with Gasteiger partial charge in [0.2, 0.25) is 0 Å². The van der Waals surface area contributed by atoms with E-state index in [1.165, 1.54) is 30.3 Å². The van der Waals surface area contributed by atoms with Gasteiger partial charge in [0.1, 0.15) is 11.6 Å². The fourth-order valence-electron chi connectivity index (χ4n) is 2.91. The van der Waals surface area contributed by atoms with Crippen LogP contribution in [0, 0.1) is 21.4 Å². The van der Waals surface area contributed by atoms with Crippen LogP contribution in [0.2, 0.25) is 5.02 Å². The van der Waals surface area contributed by atoms with Gasteiger partial charge < -0.3 is 5.32 Å². The van der Waals surface area contributed by atoms with Crippen LogP contribution in [0.3, 0.4) is 0 Å². The third-order valence-corrected chi connectivity index (χ3v) is 5.44. The van der Waals surface area contributed by atoms with Crippen molar-refractivity contribution < 1.29 is 9.72 Å². The number of nitro groups is 1. The second-order valence-corrected chi connectivity index (χ2v) is 7.83. The van der Waals surface area contributed by atoms with Gasteiger partial charge in [-0.05, 0) is 53.5 Å². The molecule has 3 aromatic rings. The summed E-state index contributed by atoms with van der Waals surface area (Å²) in [6.45, 7) is 0. The Labute approximate surface area is 192 Å². The number of hydrogen-bond acceptors (Lipinski definition) is 4. The van der Waals surface area contributed by atoms with Crippen molar-refractivity contribution in [3.05, 3.63) is 109 Å². The number of carbonyl (C=O) groups excluding carboxylic acids is 1. The fourth-order valence-corrected chi connectivity index (χ4v) is 3.51. The Hall–Kier alpha value is -3.47. The van der Waals surface area contributed by atoms with Crippen molar-refractivity contribution >= 4 is 50.9 Å². The van der Waals surface area contributed by atoms with Crippen LogP contribution in [0.5, 0.6) is 0 Å². The number of amides is 1. The van der Waals surface area contributed by atoms with Crippen molar-refractivity contribution in [1.82, 2.24) is 0 Å². The first-order valence-corrected chi connectivity index (χ1v) is 10.2. The standard InChI is InChI=1S/C23H15BrClN3O3/c24-22-7-2-1-4-16(22)10-15-8-9-19(25)12-17(15)11-18(14-26)23(29)27-20-5-3-6-21(13-20)28(30)31/h1-9,11-13H,10H2,(H,27,29)/b18-11+. The molecular weight excluding hydrogens is 482 g/mol. The minimum atomic E-state index is -0.671. The van der Waals surface area contributed by atoms with E-state index < -0.39 is 10.8 Å². The molecule has 0 saturated carbocycles. The number of nitriles is 1.